The van der Waals surface area contributed by atoms with Crippen LogP contribution in [0.1, 0.15) is 15.9 Å². The highest BCUT2D eigenvalue weighted by atomic mass is 16.4. The summed E-state index contributed by atoms with van der Waals surface area (Å²) in [6.45, 7) is -0.344. The third-order valence-electron chi connectivity index (χ3n) is 2.43. The summed E-state index contributed by atoms with van der Waals surface area (Å²) >= 11 is 0. The Labute approximate surface area is 109 Å². The van der Waals surface area contributed by atoms with Crippen LogP contribution >= 0.6 is 0 Å². The number of carboxylic acids is 2. The van der Waals surface area contributed by atoms with E-state index in [2.05, 4.69) is 5.32 Å². The number of carboxylic acid groups (broad SMARTS) is 2. The van der Waals surface area contributed by atoms with Gasteiger partial charge in [0.2, 0.25) is 0 Å². The second kappa shape index (κ2) is 6.72. The Kier molecular flexibility index (Phi) is 5.28. The van der Waals surface area contributed by atoms with Crippen molar-refractivity contribution in [2.24, 2.45) is 0 Å². The summed E-state index contributed by atoms with van der Waals surface area (Å²) in [5.41, 5.74) is 0.526. The predicted molar refractivity (Wildman–Crippen MR) is 66.3 cm³/mol. The van der Waals surface area contributed by atoms with Crippen molar-refractivity contribution >= 4 is 17.6 Å². The quantitative estimate of drug-likeness (QED) is 0.463. The third kappa shape index (κ3) is 4.57. The minimum atomic E-state index is -1.22. The van der Waals surface area contributed by atoms with Crippen LogP contribution in [0.5, 0.6) is 0 Å². The van der Waals surface area contributed by atoms with Gasteiger partial charge in [0.15, 0.2) is 0 Å². The largest absolute Gasteiger partial charge is 0.481 e. The summed E-state index contributed by atoms with van der Waals surface area (Å²) in [6, 6.07) is 4.23. The third-order valence-corrected chi connectivity index (χ3v) is 2.43. The minimum Gasteiger partial charge on any atom is -0.481 e. The average Bonchev–Trinajstić information content (AvgIpc) is 2.36. The number of benzene rings is 1. The van der Waals surface area contributed by atoms with Gasteiger partial charge in [0.05, 0.1) is 24.7 Å². The second-order valence-electron chi connectivity index (χ2n) is 3.96. The minimum absolute atomic E-state index is 0.0633. The van der Waals surface area contributed by atoms with E-state index in [0.717, 1.165) is 0 Å². The number of hydrogen-bond acceptors (Lipinski definition) is 5. The molecule has 0 bridgehead atoms. The van der Waals surface area contributed by atoms with Crippen molar-refractivity contribution in [1.29, 1.82) is 0 Å². The van der Waals surface area contributed by atoms with Gasteiger partial charge in [-0.2, -0.15) is 0 Å². The first-order valence-electron chi connectivity index (χ1n) is 5.55. The predicted octanol–water partition coefficient (Wildman–Crippen LogP) is -0.223. The van der Waals surface area contributed by atoms with E-state index in [0.29, 0.717) is 5.69 Å². The fourth-order valence-corrected chi connectivity index (χ4v) is 1.50. The molecule has 0 aromatic heterocycles. The lowest BCUT2D eigenvalue weighted by atomic mass is 10.0. The molecule has 104 valence electrons. The van der Waals surface area contributed by atoms with Crippen LogP contribution in [-0.2, 0) is 11.2 Å². The molecule has 1 unspecified atom stereocenters. The Morgan fingerprint density at radius 1 is 1.26 bits per heavy atom. The summed E-state index contributed by atoms with van der Waals surface area (Å²) in [6.07, 6.45) is -1.33. The lowest BCUT2D eigenvalue weighted by Crippen LogP contribution is -2.23. The summed E-state index contributed by atoms with van der Waals surface area (Å²) in [7, 11) is 0. The summed E-state index contributed by atoms with van der Waals surface area (Å²) in [4.78, 5) is 21.7. The first-order valence-corrected chi connectivity index (χ1v) is 5.55. The normalized spacial score (nSPS) is 11.9. The highest BCUT2D eigenvalue weighted by Gasteiger charge is 2.13. The van der Waals surface area contributed by atoms with Crippen molar-refractivity contribution in [2.45, 2.75) is 12.5 Å². The number of hydrogen-bond donors (Lipinski definition) is 5. The number of aliphatic hydroxyl groups excluding tert-OH is 2. The maximum Gasteiger partial charge on any atom is 0.336 e. The lowest BCUT2D eigenvalue weighted by Gasteiger charge is -2.12. The fraction of sp³-hybridized carbons (Fsp3) is 0.333. The zero-order valence-corrected chi connectivity index (χ0v) is 10.0. The first-order chi connectivity index (χ1) is 8.93. The number of aromatic carboxylic acids is 1. The van der Waals surface area contributed by atoms with E-state index in [1.807, 2.05) is 0 Å². The van der Waals surface area contributed by atoms with Crippen LogP contribution in [0.3, 0.4) is 0 Å². The molecule has 0 fully saturated rings. The molecule has 0 heterocycles. The molecule has 1 aromatic rings. The van der Waals surface area contributed by atoms with E-state index in [1.165, 1.54) is 18.2 Å². The van der Waals surface area contributed by atoms with Gasteiger partial charge in [0, 0.05) is 12.2 Å². The van der Waals surface area contributed by atoms with Gasteiger partial charge in [-0.15, -0.1) is 0 Å². The highest BCUT2D eigenvalue weighted by molar-refractivity contribution is 5.92. The topological polar surface area (TPSA) is 127 Å². The molecule has 0 amide bonds. The number of anilines is 1. The van der Waals surface area contributed by atoms with Crippen LogP contribution in [0.15, 0.2) is 18.2 Å². The van der Waals surface area contributed by atoms with Crippen LogP contribution in [0.2, 0.25) is 0 Å². The average molecular weight is 269 g/mol. The SMILES string of the molecule is O=C(O)Cc1ccc(NCC(O)CO)cc1C(=O)O. The molecule has 5 N–H and O–H groups in total. The Bertz CT molecular complexity index is 473. The van der Waals surface area contributed by atoms with Crippen LogP contribution < -0.4 is 5.32 Å². The number of carbonyl (C=O) groups is 2. The van der Waals surface area contributed by atoms with Gasteiger partial charge < -0.3 is 25.7 Å². The molecule has 7 nitrogen and oxygen atoms in total. The van der Waals surface area contributed by atoms with Gasteiger partial charge in [0.1, 0.15) is 0 Å². The van der Waals surface area contributed by atoms with E-state index >= 15 is 0 Å². The van der Waals surface area contributed by atoms with E-state index < -0.39 is 24.6 Å². The molecule has 1 atom stereocenters. The fourth-order valence-electron chi connectivity index (χ4n) is 1.50. The molecule has 0 spiro atoms. The van der Waals surface area contributed by atoms with Crippen LogP contribution in [-0.4, -0.2) is 51.6 Å². The molecular weight excluding hydrogens is 254 g/mol. The van der Waals surface area contributed by atoms with Gasteiger partial charge in [-0.05, 0) is 17.7 Å². The maximum atomic E-state index is 11.0. The number of rotatable bonds is 7. The number of nitrogens with one attached hydrogen (secondary N) is 1. The molecule has 1 rings (SSSR count). The van der Waals surface area contributed by atoms with E-state index in [1.54, 1.807) is 0 Å². The maximum absolute atomic E-state index is 11.0. The van der Waals surface area contributed by atoms with E-state index in [9.17, 15) is 9.59 Å². The van der Waals surface area contributed by atoms with Crippen LogP contribution in [0.4, 0.5) is 5.69 Å². The van der Waals surface area contributed by atoms with Gasteiger partial charge in [0.25, 0.3) is 0 Å². The van der Waals surface area contributed by atoms with Crippen molar-refractivity contribution in [3.05, 3.63) is 29.3 Å². The van der Waals surface area contributed by atoms with Crippen LogP contribution in [0, 0.1) is 0 Å². The van der Waals surface area contributed by atoms with E-state index in [-0.39, 0.29) is 24.1 Å². The second-order valence-corrected chi connectivity index (χ2v) is 3.96. The zero-order chi connectivity index (χ0) is 14.4. The van der Waals surface area contributed by atoms with Gasteiger partial charge in [-0.25, -0.2) is 4.79 Å². The number of aliphatic carboxylic acids is 1. The standard InChI is InChI=1S/C12H15NO6/c14-6-9(15)5-13-8-2-1-7(3-11(16)17)10(4-8)12(18)19/h1-2,4,9,13-15H,3,5-6H2,(H,16,17)(H,18,19). The molecule has 0 aliphatic carbocycles. The molecule has 0 saturated heterocycles. The molecule has 0 aliphatic heterocycles. The summed E-state index contributed by atoms with van der Waals surface area (Å²) in [5, 5.41) is 38.3. The van der Waals surface area contributed by atoms with Crippen molar-refractivity contribution in [2.75, 3.05) is 18.5 Å². The Hall–Kier alpha value is -2.12. The van der Waals surface area contributed by atoms with Gasteiger partial charge >= 0.3 is 11.9 Å². The van der Waals surface area contributed by atoms with Crippen molar-refractivity contribution in [1.82, 2.24) is 0 Å². The van der Waals surface area contributed by atoms with Crippen molar-refractivity contribution in [3.63, 3.8) is 0 Å². The van der Waals surface area contributed by atoms with Gasteiger partial charge in [-0.1, -0.05) is 6.07 Å². The van der Waals surface area contributed by atoms with Gasteiger partial charge in [-0.3, -0.25) is 4.79 Å². The molecular formula is C12H15NO6. The molecule has 0 aliphatic rings. The number of aliphatic hydroxyl groups is 2. The van der Waals surface area contributed by atoms with Crippen molar-refractivity contribution < 1.29 is 30.0 Å². The van der Waals surface area contributed by atoms with E-state index in [4.69, 9.17) is 20.4 Å². The Morgan fingerprint density at radius 3 is 2.47 bits per heavy atom. The molecule has 0 radical (unpaired) electrons. The Balaban J connectivity index is 2.89. The summed E-state index contributed by atoms with van der Waals surface area (Å²) < 4.78 is 0. The molecule has 1 aromatic carbocycles. The summed E-state index contributed by atoms with van der Waals surface area (Å²) in [5.74, 6) is -2.33. The molecule has 7 heteroatoms. The monoisotopic (exact) mass is 269 g/mol. The zero-order valence-electron chi connectivity index (χ0n) is 10.0. The molecule has 19 heavy (non-hydrogen) atoms. The Morgan fingerprint density at radius 2 is 1.95 bits per heavy atom. The van der Waals surface area contributed by atoms with Crippen molar-refractivity contribution in [3.8, 4) is 0 Å². The van der Waals surface area contributed by atoms with Crippen LogP contribution in [0.25, 0.3) is 0 Å². The molecule has 0 saturated carbocycles. The smallest absolute Gasteiger partial charge is 0.336 e. The highest BCUT2D eigenvalue weighted by Crippen LogP contribution is 2.17. The first kappa shape index (κ1) is 14.9. The lowest BCUT2D eigenvalue weighted by molar-refractivity contribution is -0.136.